The van der Waals surface area contributed by atoms with Crippen LogP contribution in [0, 0.1) is 11.3 Å². The van der Waals surface area contributed by atoms with Crippen molar-refractivity contribution in [3.8, 4) is 11.8 Å². The molecule has 0 bridgehead atoms. The Kier molecular flexibility index (Phi) is 4.20. The number of ether oxygens (including phenoxy) is 2. The van der Waals surface area contributed by atoms with E-state index in [2.05, 4.69) is 12.6 Å². The normalized spacial score (nSPS) is 9.38. The predicted octanol–water partition coefficient (Wildman–Crippen LogP) is 2.03. The molecule has 0 aliphatic heterocycles. The second-order valence-corrected chi connectivity index (χ2v) is 3.32. The molecule has 5 heteroatoms. The third-order valence-electron chi connectivity index (χ3n) is 1.97. The predicted molar refractivity (Wildman–Crippen MR) is 60.9 cm³/mol. The van der Waals surface area contributed by atoms with Gasteiger partial charge in [-0.1, -0.05) is 0 Å². The first-order valence-corrected chi connectivity index (χ1v) is 5.07. The van der Waals surface area contributed by atoms with Crippen LogP contribution < -0.4 is 4.74 Å². The SMILES string of the molecule is CCOC(=O)c1ccc(OC)c(S)c1C#N. The topological polar surface area (TPSA) is 59.3 Å². The Labute approximate surface area is 99.2 Å². The highest BCUT2D eigenvalue weighted by Crippen LogP contribution is 2.28. The Balaban J connectivity index is 3.27. The first-order chi connectivity index (χ1) is 7.65. The Bertz CT molecular complexity index is 451. The summed E-state index contributed by atoms with van der Waals surface area (Å²) in [5, 5.41) is 8.97. The summed E-state index contributed by atoms with van der Waals surface area (Å²) in [5.74, 6) is -0.0788. The van der Waals surface area contributed by atoms with Crippen LogP contribution in [0.1, 0.15) is 22.8 Å². The van der Waals surface area contributed by atoms with Gasteiger partial charge in [0.2, 0.25) is 0 Å². The zero-order valence-electron chi connectivity index (χ0n) is 8.98. The summed E-state index contributed by atoms with van der Waals surface area (Å²) in [6, 6.07) is 4.99. The smallest absolute Gasteiger partial charge is 0.339 e. The lowest BCUT2D eigenvalue weighted by Crippen LogP contribution is -2.07. The number of methoxy groups -OCH3 is 1. The molecule has 84 valence electrons. The summed E-state index contributed by atoms with van der Waals surface area (Å²) in [4.78, 5) is 11.9. The van der Waals surface area contributed by atoms with Crippen molar-refractivity contribution in [2.75, 3.05) is 13.7 Å². The highest BCUT2D eigenvalue weighted by Gasteiger charge is 2.17. The van der Waals surface area contributed by atoms with Gasteiger partial charge in [-0.3, -0.25) is 0 Å². The number of nitriles is 1. The number of carbonyl (C=O) groups is 1. The molecule has 0 saturated heterocycles. The van der Waals surface area contributed by atoms with Crippen LogP contribution in [0.4, 0.5) is 0 Å². The first-order valence-electron chi connectivity index (χ1n) is 4.62. The van der Waals surface area contributed by atoms with E-state index in [1.54, 1.807) is 13.0 Å². The second-order valence-electron chi connectivity index (χ2n) is 2.87. The van der Waals surface area contributed by atoms with Crippen LogP contribution in [-0.4, -0.2) is 19.7 Å². The second kappa shape index (κ2) is 5.42. The van der Waals surface area contributed by atoms with Gasteiger partial charge >= 0.3 is 5.97 Å². The average molecular weight is 237 g/mol. The number of carbonyl (C=O) groups excluding carboxylic acids is 1. The lowest BCUT2D eigenvalue weighted by Gasteiger charge is -2.09. The van der Waals surface area contributed by atoms with E-state index in [0.29, 0.717) is 10.6 Å². The molecule has 1 aromatic rings. The van der Waals surface area contributed by atoms with Gasteiger partial charge in [-0.05, 0) is 19.1 Å². The van der Waals surface area contributed by atoms with Crippen molar-refractivity contribution in [3.63, 3.8) is 0 Å². The van der Waals surface area contributed by atoms with E-state index in [9.17, 15) is 4.79 Å². The van der Waals surface area contributed by atoms with Gasteiger partial charge in [0, 0.05) is 0 Å². The minimum absolute atomic E-state index is 0.168. The molecule has 4 nitrogen and oxygen atoms in total. The standard InChI is InChI=1S/C11H11NO3S/c1-3-15-11(13)7-4-5-9(14-2)10(16)8(7)6-12/h4-5,16H,3H2,1-2H3. The fraction of sp³-hybridized carbons (Fsp3) is 0.273. The van der Waals surface area contributed by atoms with Gasteiger partial charge in [-0.2, -0.15) is 5.26 Å². The Morgan fingerprint density at radius 2 is 2.25 bits per heavy atom. The van der Waals surface area contributed by atoms with Crippen LogP contribution in [0.5, 0.6) is 5.75 Å². The van der Waals surface area contributed by atoms with Gasteiger partial charge in [-0.15, -0.1) is 12.6 Å². The van der Waals surface area contributed by atoms with Gasteiger partial charge in [0.1, 0.15) is 11.8 Å². The molecule has 0 aliphatic rings. The van der Waals surface area contributed by atoms with Gasteiger partial charge < -0.3 is 9.47 Å². The van der Waals surface area contributed by atoms with Crippen LogP contribution in [-0.2, 0) is 4.74 Å². The highest BCUT2D eigenvalue weighted by molar-refractivity contribution is 7.80. The number of hydrogen-bond donors (Lipinski definition) is 1. The molecule has 0 saturated carbocycles. The summed E-state index contributed by atoms with van der Waals surface area (Å²) in [6.07, 6.45) is 0. The molecule has 16 heavy (non-hydrogen) atoms. The molecule has 0 aliphatic carbocycles. The van der Waals surface area contributed by atoms with E-state index >= 15 is 0 Å². The van der Waals surface area contributed by atoms with E-state index in [1.807, 2.05) is 6.07 Å². The first kappa shape index (κ1) is 12.4. The van der Waals surface area contributed by atoms with Gasteiger partial charge in [0.15, 0.2) is 0 Å². The lowest BCUT2D eigenvalue weighted by atomic mass is 10.1. The maximum absolute atomic E-state index is 11.5. The third-order valence-corrected chi connectivity index (χ3v) is 2.41. The summed E-state index contributed by atoms with van der Waals surface area (Å²) >= 11 is 4.15. The number of hydrogen-bond acceptors (Lipinski definition) is 5. The van der Waals surface area contributed by atoms with Crippen molar-refractivity contribution in [2.45, 2.75) is 11.8 Å². The van der Waals surface area contributed by atoms with E-state index in [4.69, 9.17) is 14.7 Å². The lowest BCUT2D eigenvalue weighted by molar-refractivity contribution is 0.0525. The maximum Gasteiger partial charge on any atom is 0.339 e. The number of rotatable bonds is 3. The molecule has 0 fully saturated rings. The van der Waals surface area contributed by atoms with Crippen molar-refractivity contribution >= 4 is 18.6 Å². The van der Waals surface area contributed by atoms with Crippen molar-refractivity contribution in [1.29, 1.82) is 5.26 Å². The van der Waals surface area contributed by atoms with E-state index in [-0.39, 0.29) is 17.7 Å². The summed E-state index contributed by atoms with van der Waals surface area (Å²) in [5.41, 5.74) is 0.372. The fourth-order valence-corrected chi connectivity index (χ4v) is 1.57. The minimum atomic E-state index is -0.531. The van der Waals surface area contributed by atoms with Gasteiger partial charge in [0.25, 0.3) is 0 Å². The fourth-order valence-electron chi connectivity index (χ4n) is 1.23. The van der Waals surface area contributed by atoms with E-state index in [0.717, 1.165) is 0 Å². The monoisotopic (exact) mass is 237 g/mol. The molecule has 0 aromatic heterocycles. The van der Waals surface area contributed by atoms with Crippen molar-refractivity contribution < 1.29 is 14.3 Å². The number of nitrogens with zero attached hydrogens (tertiary/aromatic N) is 1. The van der Waals surface area contributed by atoms with Crippen LogP contribution in [0.15, 0.2) is 17.0 Å². The molecule has 0 N–H and O–H groups in total. The Hall–Kier alpha value is -1.67. The minimum Gasteiger partial charge on any atom is -0.496 e. The number of esters is 1. The summed E-state index contributed by atoms with van der Waals surface area (Å²) in [7, 11) is 1.47. The quantitative estimate of drug-likeness (QED) is 0.645. The molecule has 0 unspecified atom stereocenters. The molecule has 0 radical (unpaired) electrons. The van der Waals surface area contributed by atoms with Crippen molar-refractivity contribution in [3.05, 3.63) is 23.3 Å². The molecular formula is C11H11NO3S. The zero-order chi connectivity index (χ0) is 12.1. The van der Waals surface area contributed by atoms with Crippen molar-refractivity contribution in [1.82, 2.24) is 0 Å². The van der Waals surface area contributed by atoms with Crippen LogP contribution in [0.25, 0.3) is 0 Å². The summed E-state index contributed by atoms with van der Waals surface area (Å²) < 4.78 is 9.84. The van der Waals surface area contributed by atoms with E-state index < -0.39 is 5.97 Å². The molecule has 0 atom stereocenters. The average Bonchev–Trinajstić information content (AvgIpc) is 2.28. The molecular weight excluding hydrogens is 226 g/mol. The Morgan fingerprint density at radius 1 is 1.56 bits per heavy atom. The maximum atomic E-state index is 11.5. The highest BCUT2D eigenvalue weighted by atomic mass is 32.1. The molecule has 1 aromatic carbocycles. The molecule has 0 amide bonds. The van der Waals surface area contributed by atoms with Crippen LogP contribution >= 0.6 is 12.6 Å². The summed E-state index contributed by atoms with van der Waals surface area (Å²) in [6.45, 7) is 1.96. The Morgan fingerprint density at radius 3 is 2.75 bits per heavy atom. The third kappa shape index (κ3) is 2.28. The molecule has 0 spiro atoms. The molecule has 1 rings (SSSR count). The largest absolute Gasteiger partial charge is 0.496 e. The molecule has 0 heterocycles. The zero-order valence-corrected chi connectivity index (χ0v) is 9.88. The van der Waals surface area contributed by atoms with Crippen LogP contribution in [0.2, 0.25) is 0 Å². The van der Waals surface area contributed by atoms with E-state index in [1.165, 1.54) is 13.2 Å². The van der Waals surface area contributed by atoms with Crippen molar-refractivity contribution in [2.24, 2.45) is 0 Å². The number of benzene rings is 1. The van der Waals surface area contributed by atoms with Gasteiger partial charge in [-0.25, -0.2) is 4.79 Å². The van der Waals surface area contributed by atoms with Crippen LogP contribution in [0.3, 0.4) is 0 Å². The van der Waals surface area contributed by atoms with Gasteiger partial charge in [0.05, 0.1) is 29.7 Å². The number of thiol groups is 1.